The molecule has 3 rings (SSSR count). The fourth-order valence-electron chi connectivity index (χ4n) is 3.27. The van der Waals surface area contributed by atoms with Crippen LogP contribution in [0.1, 0.15) is 37.8 Å². The van der Waals surface area contributed by atoms with Crippen molar-refractivity contribution in [2.45, 2.75) is 38.6 Å². The van der Waals surface area contributed by atoms with E-state index in [1.807, 2.05) is 10.7 Å². The molecule has 1 aliphatic rings. The molecule has 1 saturated heterocycles. The molecule has 0 saturated carbocycles. The van der Waals surface area contributed by atoms with Crippen LogP contribution in [0.15, 0.2) is 24.7 Å². The van der Waals surface area contributed by atoms with E-state index in [1.54, 1.807) is 32.7 Å². The van der Waals surface area contributed by atoms with Gasteiger partial charge in [0.1, 0.15) is 5.69 Å². The molecule has 0 N–H and O–H groups in total. The van der Waals surface area contributed by atoms with Gasteiger partial charge in [0.05, 0.1) is 17.6 Å². The van der Waals surface area contributed by atoms with Crippen LogP contribution in [-0.4, -0.2) is 64.0 Å². The zero-order valence-electron chi connectivity index (χ0n) is 15.5. The molecule has 2 aromatic rings. The van der Waals surface area contributed by atoms with Crippen LogP contribution < -0.4 is 0 Å². The first-order chi connectivity index (χ1) is 12.4. The quantitative estimate of drug-likeness (QED) is 0.764. The highest BCUT2D eigenvalue weighted by molar-refractivity contribution is 7.86. The van der Waals surface area contributed by atoms with Crippen molar-refractivity contribution in [3.8, 4) is 11.4 Å². The highest BCUT2D eigenvalue weighted by Crippen LogP contribution is 2.28. The summed E-state index contributed by atoms with van der Waals surface area (Å²) in [6, 6.07) is 1.94. The van der Waals surface area contributed by atoms with Gasteiger partial charge in [0.25, 0.3) is 10.2 Å². The van der Waals surface area contributed by atoms with Gasteiger partial charge in [-0.1, -0.05) is 6.92 Å². The number of hydrogen-bond donors (Lipinski definition) is 0. The van der Waals surface area contributed by atoms with Gasteiger partial charge in [-0.05, 0) is 25.3 Å². The van der Waals surface area contributed by atoms with Crippen LogP contribution in [0.3, 0.4) is 0 Å². The molecule has 0 radical (unpaired) electrons. The zero-order valence-corrected chi connectivity index (χ0v) is 16.4. The first-order valence-electron chi connectivity index (χ1n) is 8.95. The van der Waals surface area contributed by atoms with Crippen LogP contribution in [-0.2, 0) is 16.8 Å². The number of aryl methyl sites for hydroxylation is 1. The first kappa shape index (κ1) is 18.9. The monoisotopic (exact) mass is 378 g/mol. The largest absolute Gasteiger partial charge is 0.281 e. The molecule has 0 aliphatic carbocycles. The maximum Gasteiger partial charge on any atom is 0.281 e. The molecule has 2 aromatic heterocycles. The maximum atomic E-state index is 12.4. The minimum atomic E-state index is -3.40. The van der Waals surface area contributed by atoms with Crippen LogP contribution in [0.5, 0.6) is 0 Å². The van der Waals surface area contributed by atoms with Crippen molar-refractivity contribution in [1.29, 1.82) is 0 Å². The Labute approximate surface area is 155 Å². The van der Waals surface area contributed by atoms with Gasteiger partial charge in [0, 0.05) is 52.0 Å². The van der Waals surface area contributed by atoms with Gasteiger partial charge in [0.15, 0.2) is 0 Å². The molecule has 0 spiro atoms. The Hall–Kier alpha value is -1.84. The van der Waals surface area contributed by atoms with Crippen molar-refractivity contribution in [2.24, 2.45) is 0 Å². The molecule has 8 nitrogen and oxygen atoms in total. The standard InChI is InChI=1S/C17H26N6O2S/c1-4-9-23-17(7-8-19-23)16-12-18-11-15(20-16)14-6-5-10-22(13-14)26(24,25)21(2)3/h7-8,11-12,14H,4-6,9-10,13H2,1-3H3/t14-/m1/s1. The normalized spacial score (nSPS) is 19.2. The molecule has 9 heteroatoms. The summed E-state index contributed by atoms with van der Waals surface area (Å²) in [6.45, 7) is 3.92. The molecule has 0 unspecified atom stereocenters. The van der Waals surface area contributed by atoms with E-state index < -0.39 is 10.2 Å². The summed E-state index contributed by atoms with van der Waals surface area (Å²) in [4.78, 5) is 9.14. The predicted octanol–water partition coefficient (Wildman–Crippen LogP) is 1.74. The maximum absolute atomic E-state index is 12.4. The average Bonchev–Trinajstić information content (AvgIpc) is 3.10. The third-order valence-electron chi connectivity index (χ3n) is 4.66. The Morgan fingerprint density at radius 2 is 2.12 bits per heavy atom. The van der Waals surface area contributed by atoms with Crippen LogP contribution in [0.25, 0.3) is 11.4 Å². The zero-order chi connectivity index (χ0) is 18.7. The van der Waals surface area contributed by atoms with Crippen LogP contribution in [0.2, 0.25) is 0 Å². The molecule has 0 aromatic carbocycles. The minimum absolute atomic E-state index is 0.0495. The summed E-state index contributed by atoms with van der Waals surface area (Å²) in [5.74, 6) is 0.0495. The van der Waals surface area contributed by atoms with Crippen LogP contribution >= 0.6 is 0 Å². The Kier molecular flexibility index (Phi) is 5.69. The second-order valence-corrected chi connectivity index (χ2v) is 8.90. The predicted molar refractivity (Wildman–Crippen MR) is 99.7 cm³/mol. The fourth-order valence-corrected chi connectivity index (χ4v) is 4.46. The summed E-state index contributed by atoms with van der Waals surface area (Å²) < 4.78 is 29.6. The van der Waals surface area contributed by atoms with Gasteiger partial charge in [-0.3, -0.25) is 9.67 Å². The lowest BCUT2D eigenvalue weighted by Gasteiger charge is -2.33. The van der Waals surface area contributed by atoms with Gasteiger partial charge in [-0.15, -0.1) is 0 Å². The van der Waals surface area contributed by atoms with Crippen molar-refractivity contribution in [3.63, 3.8) is 0 Å². The topological polar surface area (TPSA) is 84.2 Å². The van der Waals surface area contributed by atoms with Crippen molar-refractivity contribution in [2.75, 3.05) is 27.2 Å². The lowest BCUT2D eigenvalue weighted by Crippen LogP contribution is -2.45. The highest BCUT2D eigenvalue weighted by atomic mass is 32.2. The molecular weight excluding hydrogens is 352 g/mol. The summed E-state index contributed by atoms with van der Waals surface area (Å²) in [7, 11) is -0.276. The number of hydrogen-bond acceptors (Lipinski definition) is 5. The summed E-state index contributed by atoms with van der Waals surface area (Å²) in [5.41, 5.74) is 2.56. The van der Waals surface area contributed by atoms with E-state index in [9.17, 15) is 8.42 Å². The molecule has 1 fully saturated rings. The lowest BCUT2D eigenvalue weighted by molar-refractivity contribution is 0.296. The van der Waals surface area contributed by atoms with E-state index in [-0.39, 0.29) is 5.92 Å². The van der Waals surface area contributed by atoms with Crippen molar-refractivity contribution >= 4 is 10.2 Å². The Morgan fingerprint density at radius 3 is 2.85 bits per heavy atom. The second-order valence-electron chi connectivity index (χ2n) is 6.76. The van der Waals surface area contributed by atoms with Gasteiger partial charge in [-0.25, -0.2) is 4.98 Å². The highest BCUT2D eigenvalue weighted by Gasteiger charge is 2.31. The molecule has 0 bridgehead atoms. The van der Waals surface area contributed by atoms with E-state index in [1.165, 1.54) is 8.61 Å². The van der Waals surface area contributed by atoms with Crippen molar-refractivity contribution in [1.82, 2.24) is 28.4 Å². The molecule has 1 atom stereocenters. The van der Waals surface area contributed by atoms with Crippen molar-refractivity contribution < 1.29 is 8.42 Å². The number of piperidine rings is 1. The van der Waals surface area contributed by atoms with E-state index in [2.05, 4.69) is 17.0 Å². The first-order valence-corrected chi connectivity index (χ1v) is 10.3. The minimum Gasteiger partial charge on any atom is -0.263 e. The number of nitrogens with zero attached hydrogens (tertiary/aromatic N) is 6. The smallest absolute Gasteiger partial charge is 0.263 e. The number of aromatic nitrogens is 4. The van der Waals surface area contributed by atoms with E-state index >= 15 is 0 Å². The molecule has 142 valence electrons. The molecule has 1 aliphatic heterocycles. The summed E-state index contributed by atoms with van der Waals surface area (Å²) >= 11 is 0. The van der Waals surface area contributed by atoms with E-state index in [0.29, 0.717) is 13.1 Å². The van der Waals surface area contributed by atoms with Gasteiger partial charge in [-0.2, -0.15) is 22.1 Å². The average molecular weight is 379 g/mol. The van der Waals surface area contributed by atoms with Gasteiger partial charge < -0.3 is 0 Å². The summed E-state index contributed by atoms with van der Waals surface area (Å²) in [6.07, 6.45) is 7.97. The summed E-state index contributed by atoms with van der Waals surface area (Å²) in [5, 5.41) is 4.34. The van der Waals surface area contributed by atoms with Crippen LogP contribution in [0.4, 0.5) is 0 Å². The Bertz CT molecular complexity index is 848. The van der Waals surface area contributed by atoms with E-state index in [4.69, 9.17) is 4.98 Å². The Balaban J connectivity index is 1.85. The second kappa shape index (κ2) is 7.81. The molecule has 3 heterocycles. The third kappa shape index (κ3) is 3.79. The lowest BCUT2D eigenvalue weighted by atomic mass is 9.96. The van der Waals surface area contributed by atoms with Crippen molar-refractivity contribution in [3.05, 3.63) is 30.4 Å². The van der Waals surface area contributed by atoms with Crippen LogP contribution in [0, 0.1) is 0 Å². The molecule has 0 amide bonds. The Morgan fingerprint density at radius 1 is 1.31 bits per heavy atom. The van der Waals surface area contributed by atoms with Gasteiger partial charge >= 0.3 is 0 Å². The van der Waals surface area contributed by atoms with Gasteiger partial charge in [0.2, 0.25) is 0 Å². The third-order valence-corrected chi connectivity index (χ3v) is 6.56. The number of rotatable bonds is 6. The molecular formula is C17H26N6O2S. The SMILES string of the molecule is CCCn1nccc1-c1cncc([C@@H]2CCCN(S(=O)(=O)N(C)C)C2)n1. The fraction of sp³-hybridized carbons (Fsp3) is 0.588. The van der Waals surface area contributed by atoms with E-state index in [0.717, 1.165) is 42.9 Å². The molecule has 26 heavy (non-hydrogen) atoms.